The number of carbonyl (C=O) groups excluding carboxylic acids is 2. The quantitative estimate of drug-likeness (QED) is 0.614. The number of fused-ring (bicyclic) bond motifs is 3. The van der Waals surface area contributed by atoms with Gasteiger partial charge in [0.25, 0.3) is 0 Å². The van der Waals surface area contributed by atoms with Gasteiger partial charge in [0.15, 0.2) is 0 Å². The summed E-state index contributed by atoms with van der Waals surface area (Å²) in [4.78, 5) is 27.6. The smallest absolute Gasteiger partial charge is 0.247 e. The number of benzene rings is 2. The second-order valence-electron chi connectivity index (χ2n) is 8.04. The van der Waals surface area contributed by atoms with Crippen molar-refractivity contribution in [1.82, 2.24) is 10.2 Å². The van der Waals surface area contributed by atoms with Crippen molar-refractivity contribution >= 4 is 11.8 Å². The number of hydrogen-bond donors (Lipinski definition) is 3. The summed E-state index contributed by atoms with van der Waals surface area (Å²) in [6, 6.07) is 16.2. The highest BCUT2D eigenvalue weighted by Crippen LogP contribution is 2.47. The molecule has 168 valence electrons. The van der Waals surface area contributed by atoms with Crippen LogP contribution in [-0.4, -0.2) is 58.3 Å². The van der Waals surface area contributed by atoms with Crippen molar-refractivity contribution in [1.29, 1.82) is 0 Å². The predicted molar refractivity (Wildman–Crippen MR) is 119 cm³/mol. The molecule has 32 heavy (non-hydrogen) atoms. The van der Waals surface area contributed by atoms with Gasteiger partial charge in [0.2, 0.25) is 11.8 Å². The van der Waals surface area contributed by atoms with E-state index < -0.39 is 24.2 Å². The Balaban J connectivity index is 1.75. The third kappa shape index (κ3) is 4.13. The molecule has 7 heteroatoms. The second-order valence-corrected chi connectivity index (χ2v) is 8.04. The maximum atomic E-state index is 13.1. The van der Waals surface area contributed by atoms with Crippen LogP contribution in [0, 0.1) is 0 Å². The molecule has 1 heterocycles. The Labute approximate surface area is 187 Å². The van der Waals surface area contributed by atoms with E-state index in [0.29, 0.717) is 17.9 Å². The Morgan fingerprint density at radius 3 is 2.53 bits per heavy atom. The number of hydrogen-bond acceptors (Lipinski definition) is 5. The van der Waals surface area contributed by atoms with E-state index in [-0.39, 0.29) is 31.4 Å². The van der Waals surface area contributed by atoms with Crippen LogP contribution in [0.1, 0.15) is 30.4 Å². The molecule has 0 saturated carbocycles. The molecule has 4 rings (SSSR count). The van der Waals surface area contributed by atoms with Gasteiger partial charge in [-0.05, 0) is 17.7 Å². The van der Waals surface area contributed by atoms with Crippen LogP contribution < -0.4 is 10.1 Å². The van der Waals surface area contributed by atoms with Crippen molar-refractivity contribution in [3.8, 4) is 5.75 Å². The number of amides is 2. The highest BCUT2D eigenvalue weighted by atomic mass is 16.5. The molecule has 2 amide bonds. The van der Waals surface area contributed by atoms with E-state index in [1.807, 2.05) is 54.6 Å². The number of aliphatic hydroxyl groups excluding tert-OH is 2. The number of nitrogens with zero attached hydrogens (tertiary/aromatic N) is 1. The standard InChI is InChI=1S/C25H28N2O5/c1-2-21(29)27(15-16-8-4-3-5-9-16)19-14-18(25(31)26-12-13-28)22-17-10-6-7-11-20(17)32-24(22)23(19)30/h3-11,14,19,22-24,28,30H,2,12-13,15H2,1H3,(H,26,31). The van der Waals surface area contributed by atoms with Crippen LogP contribution >= 0.6 is 0 Å². The Morgan fingerprint density at radius 2 is 1.81 bits per heavy atom. The van der Waals surface area contributed by atoms with Gasteiger partial charge >= 0.3 is 0 Å². The molecule has 4 unspecified atom stereocenters. The van der Waals surface area contributed by atoms with Crippen LogP contribution in [0.3, 0.4) is 0 Å². The van der Waals surface area contributed by atoms with Crippen molar-refractivity contribution in [2.75, 3.05) is 13.2 Å². The van der Waals surface area contributed by atoms with Gasteiger partial charge in [-0.15, -0.1) is 0 Å². The molecule has 1 aliphatic carbocycles. The van der Waals surface area contributed by atoms with E-state index in [1.165, 1.54) is 0 Å². The fourth-order valence-corrected chi connectivity index (χ4v) is 4.53. The lowest BCUT2D eigenvalue weighted by atomic mass is 9.77. The molecule has 2 aromatic rings. The largest absolute Gasteiger partial charge is 0.486 e. The number of nitrogens with one attached hydrogen (secondary N) is 1. The molecule has 3 N–H and O–H groups in total. The van der Waals surface area contributed by atoms with Crippen molar-refractivity contribution in [2.45, 2.75) is 44.1 Å². The van der Waals surface area contributed by atoms with Gasteiger partial charge in [-0.2, -0.15) is 0 Å². The maximum Gasteiger partial charge on any atom is 0.247 e. The summed E-state index contributed by atoms with van der Waals surface area (Å²) in [6.45, 7) is 2.02. The van der Waals surface area contributed by atoms with Crippen molar-refractivity contribution < 1.29 is 24.5 Å². The van der Waals surface area contributed by atoms with Crippen molar-refractivity contribution in [3.05, 3.63) is 77.4 Å². The third-order valence-corrected chi connectivity index (χ3v) is 6.06. The molecule has 4 atom stereocenters. The monoisotopic (exact) mass is 436 g/mol. The molecule has 0 bridgehead atoms. The lowest BCUT2D eigenvalue weighted by Gasteiger charge is -2.40. The topological polar surface area (TPSA) is 99.1 Å². The zero-order valence-electron chi connectivity index (χ0n) is 18.0. The van der Waals surface area contributed by atoms with Crippen molar-refractivity contribution in [2.24, 2.45) is 0 Å². The van der Waals surface area contributed by atoms with Crippen LogP contribution in [0.5, 0.6) is 5.75 Å². The highest BCUT2D eigenvalue weighted by molar-refractivity contribution is 5.96. The van der Waals surface area contributed by atoms with E-state index in [0.717, 1.165) is 11.1 Å². The number of carbonyl (C=O) groups is 2. The average molecular weight is 437 g/mol. The second kappa shape index (κ2) is 9.54. The summed E-state index contributed by atoms with van der Waals surface area (Å²) in [5, 5.41) is 23.2. The van der Waals surface area contributed by atoms with Gasteiger partial charge < -0.3 is 25.2 Å². The van der Waals surface area contributed by atoms with E-state index >= 15 is 0 Å². The minimum atomic E-state index is -1.01. The zero-order chi connectivity index (χ0) is 22.7. The number of rotatable bonds is 7. The number of ether oxygens (including phenoxy) is 1. The summed E-state index contributed by atoms with van der Waals surface area (Å²) in [6.07, 6.45) is 0.257. The summed E-state index contributed by atoms with van der Waals surface area (Å²) >= 11 is 0. The van der Waals surface area contributed by atoms with E-state index in [9.17, 15) is 14.7 Å². The van der Waals surface area contributed by atoms with Gasteiger partial charge in [-0.25, -0.2) is 0 Å². The summed E-state index contributed by atoms with van der Waals surface area (Å²) in [5.74, 6) is -0.293. The average Bonchev–Trinajstić information content (AvgIpc) is 3.22. The fraction of sp³-hybridized carbons (Fsp3) is 0.360. The van der Waals surface area contributed by atoms with Crippen LogP contribution in [0.2, 0.25) is 0 Å². The van der Waals surface area contributed by atoms with Crippen LogP contribution in [0.15, 0.2) is 66.2 Å². The molecule has 0 saturated heterocycles. The van der Waals surface area contributed by atoms with E-state index in [4.69, 9.17) is 9.84 Å². The minimum absolute atomic E-state index is 0.116. The Kier molecular flexibility index (Phi) is 6.58. The zero-order valence-corrected chi connectivity index (χ0v) is 18.0. The molecule has 1 aliphatic heterocycles. The molecule has 0 aromatic heterocycles. The first-order valence-electron chi connectivity index (χ1n) is 10.9. The van der Waals surface area contributed by atoms with Gasteiger partial charge in [-0.1, -0.05) is 55.5 Å². The Bertz CT molecular complexity index is 1010. The molecule has 7 nitrogen and oxygen atoms in total. The van der Waals surface area contributed by atoms with E-state index in [1.54, 1.807) is 17.9 Å². The van der Waals surface area contributed by atoms with Gasteiger partial charge in [0, 0.05) is 30.6 Å². The van der Waals surface area contributed by atoms with Gasteiger partial charge in [0.05, 0.1) is 18.6 Å². The lowest BCUT2D eigenvalue weighted by Crippen LogP contribution is -2.55. The fourth-order valence-electron chi connectivity index (χ4n) is 4.53. The molecule has 0 spiro atoms. The SMILES string of the molecule is CCC(=O)N(Cc1ccccc1)C1C=C(C(=O)NCCO)C2c3ccccc3OC2C1O. The number of para-hydroxylation sites is 1. The first-order chi connectivity index (χ1) is 15.5. The van der Waals surface area contributed by atoms with Crippen LogP contribution in [0.4, 0.5) is 0 Å². The summed E-state index contributed by atoms with van der Waals surface area (Å²) in [5.41, 5.74) is 2.20. The summed E-state index contributed by atoms with van der Waals surface area (Å²) < 4.78 is 6.09. The molecular formula is C25H28N2O5. The first kappa shape index (κ1) is 22.0. The Hall–Kier alpha value is -3.16. The minimum Gasteiger partial charge on any atom is -0.486 e. The predicted octanol–water partition coefficient (Wildman–Crippen LogP) is 1.75. The lowest BCUT2D eigenvalue weighted by molar-refractivity contribution is -0.137. The third-order valence-electron chi connectivity index (χ3n) is 6.06. The first-order valence-corrected chi connectivity index (χ1v) is 10.9. The maximum absolute atomic E-state index is 13.1. The molecule has 0 radical (unpaired) electrons. The summed E-state index contributed by atoms with van der Waals surface area (Å²) in [7, 11) is 0. The highest BCUT2D eigenvalue weighted by Gasteiger charge is 2.50. The van der Waals surface area contributed by atoms with Gasteiger partial charge in [0.1, 0.15) is 18.0 Å². The molecule has 2 aliphatic rings. The van der Waals surface area contributed by atoms with Crippen LogP contribution in [0.25, 0.3) is 0 Å². The molecular weight excluding hydrogens is 408 g/mol. The normalized spacial score (nSPS) is 23.4. The number of aliphatic hydroxyl groups is 2. The van der Waals surface area contributed by atoms with Crippen LogP contribution in [-0.2, 0) is 16.1 Å². The van der Waals surface area contributed by atoms with Crippen molar-refractivity contribution in [3.63, 3.8) is 0 Å². The molecule has 0 fully saturated rings. The Morgan fingerprint density at radius 1 is 1.09 bits per heavy atom. The molecule has 2 aromatic carbocycles. The van der Waals surface area contributed by atoms with E-state index in [2.05, 4.69) is 5.32 Å². The van der Waals surface area contributed by atoms with Gasteiger partial charge in [-0.3, -0.25) is 9.59 Å².